The van der Waals surface area contributed by atoms with Gasteiger partial charge in [-0.1, -0.05) is 29.8 Å². The second kappa shape index (κ2) is 4.75. The molecular formula is C14H11ClN2O3S. The van der Waals surface area contributed by atoms with E-state index in [0.29, 0.717) is 16.3 Å². The maximum atomic E-state index is 12.4. The Morgan fingerprint density at radius 2 is 1.81 bits per heavy atom. The molecule has 0 spiro atoms. The van der Waals surface area contributed by atoms with E-state index in [1.54, 1.807) is 30.3 Å². The zero-order valence-electron chi connectivity index (χ0n) is 10.8. The number of carbonyl (C=O) groups excluding carboxylic acids is 1. The zero-order chi connectivity index (χ0) is 15.2. The van der Waals surface area contributed by atoms with Crippen LogP contribution in [0.5, 0.6) is 0 Å². The molecule has 0 fully saturated rings. The van der Waals surface area contributed by atoms with Crippen molar-refractivity contribution in [1.29, 1.82) is 0 Å². The molecule has 1 aliphatic heterocycles. The molecule has 0 saturated heterocycles. The van der Waals surface area contributed by atoms with Crippen molar-refractivity contribution in [2.45, 2.75) is 11.4 Å². The first kappa shape index (κ1) is 13.9. The maximum absolute atomic E-state index is 12.4. The van der Waals surface area contributed by atoms with Crippen molar-refractivity contribution in [3.63, 3.8) is 0 Å². The fraction of sp³-hybridized carbons (Fsp3) is 0.0714. The highest BCUT2D eigenvalue weighted by atomic mass is 35.5. The van der Waals surface area contributed by atoms with Gasteiger partial charge in [0.15, 0.2) is 0 Å². The van der Waals surface area contributed by atoms with E-state index in [1.807, 2.05) is 0 Å². The summed E-state index contributed by atoms with van der Waals surface area (Å²) in [6.07, 6.45) is 0. The van der Waals surface area contributed by atoms with Gasteiger partial charge in [0.2, 0.25) is 0 Å². The third kappa shape index (κ3) is 2.07. The second-order valence-corrected chi connectivity index (χ2v) is 6.86. The summed E-state index contributed by atoms with van der Waals surface area (Å²) in [5, 5.41) is 0.328. The molecule has 2 aromatic rings. The van der Waals surface area contributed by atoms with Gasteiger partial charge in [-0.2, -0.15) is 0 Å². The molecule has 0 bridgehead atoms. The molecule has 5 nitrogen and oxygen atoms in total. The number of rotatable bonds is 2. The van der Waals surface area contributed by atoms with Crippen LogP contribution in [0.4, 0.5) is 5.69 Å². The molecule has 0 radical (unpaired) electrons. The lowest BCUT2D eigenvalue weighted by Gasteiger charge is -2.17. The minimum absolute atomic E-state index is 0.0145. The first-order valence-corrected chi connectivity index (χ1v) is 7.93. The summed E-state index contributed by atoms with van der Waals surface area (Å²) in [7, 11) is -3.86. The highest BCUT2D eigenvalue weighted by molar-refractivity contribution is 7.90. The number of hydrogen-bond acceptors (Lipinski definition) is 4. The Morgan fingerprint density at radius 1 is 1.10 bits per heavy atom. The number of benzene rings is 2. The smallest absolute Gasteiger partial charge is 0.269 e. The molecule has 0 aliphatic carbocycles. The van der Waals surface area contributed by atoms with E-state index in [-0.39, 0.29) is 17.0 Å². The molecule has 3 rings (SSSR count). The van der Waals surface area contributed by atoms with Crippen molar-refractivity contribution in [2.24, 2.45) is 0 Å². The molecule has 1 amide bonds. The number of nitrogens with two attached hydrogens (primary N) is 1. The molecule has 0 atom stereocenters. The Kier molecular flexibility index (Phi) is 3.15. The summed E-state index contributed by atoms with van der Waals surface area (Å²) < 4.78 is 25.7. The van der Waals surface area contributed by atoms with Gasteiger partial charge in [-0.15, -0.1) is 0 Å². The van der Waals surface area contributed by atoms with Crippen LogP contribution >= 0.6 is 11.6 Å². The van der Waals surface area contributed by atoms with Gasteiger partial charge in [0.05, 0.1) is 12.1 Å². The van der Waals surface area contributed by atoms with Gasteiger partial charge >= 0.3 is 0 Å². The summed E-state index contributed by atoms with van der Waals surface area (Å²) >= 11 is 6.05. The fourth-order valence-electron chi connectivity index (χ4n) is 2.27. The molecule has 0 unspecified atom stereocenters. The lowest BCUT2D eigenvalue weighted by molar-refractivity contribution is 0.0865. The third-order valence-electron chi connectivity index (χ3n) is 3.37. The third-order valence-corrected chi connectivity index (χ3v) is 5.51. The molecule has 1 heterocycles. The molecule has 108 valence electrons. The van der Waals surface area contributed by atoms with Crippen LogP contribution in [0.3, 0.4) is 0 Å². The lowest BCUT2D eigenvalue weighted by atomic mass is 10.1. The first-order chi connectivity index (χ1) is 9.93. The van der Waals surface area contributed by atoms with Crippen LogP contribution in [0, 0.1) is 0 Å². The lowest BCUT2D eigenvalue weighted by Crippen LogP contribution is -2.29. The van der Waals surface area contributed by atoms with Crippen LogP contribution in [0.25, 0.3) is 0 Å². The largest absolute Gasteiger partial charge is 0.398 e. The minimum Gasteiger partial charge on any atom is -0.398 e. The van der Waals surface area contributed by atoms with Gasteiger partial charge in [-0.25, -0.2) is 12.7 Å². The van der Waals surface area contributed by atoms with Crippen LogP contribution < -0.4 is 5.73 Å². The maximum Gasteiger partial charge on any atom is 0.269 e. The van der Waals surface area contributed by atoms with E-state index in [4.69, 9.17) is 17.3 Å². The van der Waals surface area contributed by atoms with Crippen molar-refractivity contribution in [2.75, 3.05) is 5.73 Å². The van der Waals surface area contributed by atoms with Gasteiger partial charge in [0.25, 0.3) is 15.9 Å². The van der Waals surface area contributed by atoms with Crippen molar-refractivity contribution < 1.29 is 13.2 Å². The van der Waals surface area contributed by atoms with Gasteiger partial charge < -0.3 is 5.73 Å². The second-order valence-electron chi connectivity index (χ2n) is 4.62. The summed E-state index contributed by atoms with van der Waals surface area (Å²) in [4.78, 5) is 12.3. The highest BCUT2D eigenvalue weighted by Gasteiger charge is 2.41. The monoisotopic (exact) mass is 322 g/mol. The molecular weight excluding hydrogens is 312 g/mol. The van der Waals surface area contributed by atoms with E-state index in [1.165, 1.54) is 12.1 Å². The molecule has 7 heteroatoms. The van der Waals surface area contributed by atoms with Crippen molar-refractivity contribution in [3.05, 3.63) is 58.6 Å². The van der Waals surface area contributed by atoms with Crippen molar-refractivity contribution in [3.8, 4) is 0 Å². The first-order valence-electron chi connectivity index (χ1n) is 6.12. The fourth-order valence-corrected chi connectivity index (χ4v) is 4.05. The van der Waals surface area contributed by atoms with Crippen molar-refractivity contribution >= 4 is 33.2 Å². The quantitative estimate of drug-likeness (QED) is 0.860. The average molecular weight is 323 g/mol. The number of anilines is 1. The summed E-state index contributed by atoms with van der Waals surface area (Å²) in [6.45, 7) is -0.179. The van der Waals surface area contributed by atoms with Crippen LogP contribution in [0.1, 0.15) is 15.9 Å². The SMILES string of the molecule is Nc1cccc(Cl)c1CN1C(=O)c2ccccc2S1(=O)=O. The van der Waals surface area contributed by atoms with Gasteiger partial charge in [-0.3, -0.25) is 4.79 Å². The Balaban J connectivity index is 2.08. The van der Waals surface area contributed by atoms with Crippen LogP contribution in [-0.4, -0.2) is 18.6 Å². The summed E-state index contributed by atoms with van der Waals surface area (Å²) in [5.74, 6) is -0.565. The van der Waals surface area contributed by atoms with Crippen LogP contribution in [0.2, 0.25) is 5.02 Å². The topological polar surface area (TPSA) is 80.5 Å². The number of carbonyl (C=O) groups is 1. The predicted molar refractivity (Wildman–Crippen MR) is 79.4 cm³/mol. The van der Waals surface area contributed by atoms with Crippen LogP contribution in [0.15, 0.2) is 47.4 Å². The molecule has 2 N–H and O–H groups in total. The number of amides is 1. The van der Waals surface area contributed by atoms with Gasteiger partial charge in [0.1, 0.15) is 4.90 Å². The Bertz CT molecular complexity index is 829. The number of fused-ring (bicyclic) bond motifs is 1. The van der Waals surface area contributed by atoms with Crippen molar-refractivity contribution in [1.82, 2.24) is 4.31 Å². The van der Waals surface area contributed by atoms with E-state index in [0.717, 1.165) is 4.31 Å². The van der Waals surface area contributed by atoms with Crippen LogP contribution in [-0.2, 0) is 16.6 Å². The predicted octanol–water partition coefficient (Wildman–Crippen LogP) is 2.27. The average Bonchev–Trinajstić information content (AvgIpc) is 2.64. The molecule has 0 aromatic heterocycles. The Hall–Kier alpha value is -2.05. The molecule has 2 aromatic carbocycles. The Labute approximate surface area is 127 Å². The summed E-state index contributed by atoms with van der Waals surface area (Å²) in [5.41, 5.74) is 6.76. The minimum atomic E-state index is -3.86. The summed E-state index contributed by atoms with van der Waals surface area (Å²) in [6, 6.07) is 11.0. The number of sulfonamides is 1. The molecule has 0 saturated carbocycles. The van der Waals surface area contributed by atoms with E-state index < -0.39 is 15.9 Å². The number of nitrogens with zero attached hydrogens (tertiary/aromatic N) is 1. The van der Waals surface area contributed by atoms with E-state index >= 15 is 0 Å². The highest BCUT2D eigenvalue weighted by Crippen LogP contribution is 2.33. The normalized spacial score (nSPS) is 16.0. The standard InChI is InChI=1S/C14H11ClN2O3S/c15-11-5-3-6-12(16)10(11)8-17-14(18)9-4-1-2-7-13(9)21(17,19)20/h1-7H,8,16H2. The van der Waals surface area contributed by atoms with E-state index in [2.05, 4.69) is 0 Å². The molecule has 1 aliphatic rings. The van der Waals surface area contributed by atoms with Gasteiger partial charge in [0, 0.05) is 16.3 Å². The number of halogens is 1. The number of nitrogen functional groups attached to an aromatic ring is 1. The number of hydrogen-bond donors (Lipinski definition) is 1. The zero-order valence-corrected chi connectivity index (χ0v) is 12.4. The Morgan fingerprint density at radius 3 is 2.48 bits per heavy atom. The molecule has 21 heavy (non-hydrogen) atoms. The van der Waals surface area contributed by atoms with E-state index in [9.17, 15) is 13.2 Å². The van der Waals surface area contributed by atoms with Gasteiger partial charge in [-0.05, 0) is 24.3 Å².